The van der Waals surface area contributed by atoms with E-state index in [-0.39, 0.29) is 11.6 Å². The standard InChI is InChI=1S/C29H24BrNO2/c30-23-16-10-15-22(19-23)28(33)25-24(27(32)21-13-6-2-7-14-21)26(20-11-4-1-5-12-20)31-29(25)17-8-3-9-18-29/h1-2,4-7,10-16,19H,3,8-9,17-18H2. The van der Waals surface area contributed by atoms with Gasteiger partial charge >= 0.3 is 0 Å². The van der Waals surface area contributed by atoms with Gasteiger partial charge < -0.3 is 0 Å². The maximum absolute atomic E-state index is 14.1. The van der Waals surface area contributed by atoms with Crippen LogP contribution in [0.4, 0.5) is 0 Å². The highest BCUT2D eigenvalue weighted by Crippen LogP contribution is 2.46. The van der Waals surface area contributed by atoms with Crippen molar-refractivity contribution in [2.24, 2.45) is 4.99 Å². The van der Waals surface area contributed by atoms with Gasteiger partial charge in [0.2, 0.25) is 0 Å². The first-order valence-electron chi connectivity index (χ1n) is 11.4. The monoisotopic (exact) mass is 497 g/mol. The van der Waals surface area contributed by atoms with Crippen LogP contribution in [0.25, 0.3) is 0 Å². The number of aliphatic imine (C=N–C) groups is 1. The molecule has 1 aliphatic carbocycles. The van der Waals surface area contributed by atoms with Gasteiger partial charge in [0.15, 0.2) is 11.6 Å². The molecule has 5 rings (SSSR count). The molecule has 4 heteroatoms. The van der Waals surface area contributed by atoms with Gasteiger partial charge in [-0.15, -0.1) is 0 Å². The molecule has 0 bridgehead atoms. The number of hydrogen-bond donors (Lipinski definition) is 0. The number of hydrogen-bond acceptors (Lipinski definition) is 3. The van der Waals surface area contributed by atoms with Crippen molar-refractivity contribution >= 4 is 33.2 Å². The van der Waals surface area contributed by atoms with Gasteiger partial charge in [0.05, 0.1) is 16.8 Å². The molecule has 1 saturated carbocycles. The second kappa shape index (κ2) is 9.03. The summed E-state index contributed by atoms with van der Waals surface area (Å²) in [5, 5.41) is 0. The third-order valence-electron chi connectivity index (χ3n) is 6.58. The van der Waals surface area contributed by atoms with Crippen LogP contribution in [0.2, 0.25) is 0 Å². The molecule has 0 radical (unpaired) electrons. The molecule has 3 nitrogen and oxygen atoms in total. The van der Waals surface area contributed by atoms with Crippen molar-refractivity contribution < 1.29 is 9.59 Å². The molecule has 1 fully saturated rings. The van der Waals surface area contributed by atoms with E-state index in [0.29, 0.717) is 28.0 Å². The summed E-state index contributed by atoms with van der Waals surface area (Å²) >= 11 is 3.49. The van der Waals surface area contributed by atoms with Crippen LogP contribution in [-0.4, -0.2) is 22.8 Å². The van der Waals surface area contributed by atoms with Crippen molar-refractivity contribution in [1.29, 1.82) is 0 Å². The quantitative estimate of drug-likeness (QED) is 0.355. The van der Waals surface area contributed by atoms with Crippen molar-refractivity contribution in [2.75, 3.05) is 0 Å². The third-order valence-corrected chi connectivity index (χ3v) is 7.08. The normalized spacial score (nSPS) is 17.2. The summed E-state index contributed by atoms with van der Waals surface area (Å²) < 4.78 is 0.838. The van der Waals surface area contributed by atoms with Crippen molar-refractivity contribution in [3.05, 3.63) is 117 Å². The average Bonchev–Trinajstić information content (AvgIpc) is 3.18. The molecule has 1 spiro atoms. The molecule has 0 N–H and O–H groups in total. The zero-order chi connectivity index (χ0) is 22.8. The Morgan fingerprint density at radius 2 is 1.36 bits per heavy atom. The van der Waals surface area contributed by atoms with Crippen molar-refractivity contribution in [1.82, 2.24) is 0 Å². The molecule has 0 amide bonds. The lowest BCUT2D eigenvalue weighted by atomic mass is 9.73. The van der Waals surface area contributed by atoms with E-state index < -0.39 is 5.54 Å². The molecule has 1 heterocycles. The zero-order valence-electron chi connectivity index (χ0n) is 18.3. The van der Waals surface area contributed by atoms with Gasteiger partial charge in [0, 0.05) is 26.7 Å². The molecule has 0 unspecified atom stereocenters. The van der Waals surface area contributed by atoms with Gasteiger partial charge in [-0.25, -0.2) is 0 Å². The van der Waals surface area contributed by atoms with Crippen LogP contribution in [-0.2, 0) is 0 Å². The molecule has 0 atom stereocenters. The summed E-state index contributed by atoms with van der Waals surface area (Å²) in [6.45, 7) is 0. The first-order valence-corrected chi connectivity index (χ1v) is 12.2. The van der Waals surface area contributed by atoms with E-state index in [1.54, 1.807) is 0 Å². The molecular weight excluding hydrogens is 474 g/mol. The van der Waals surface area contributed by atoms with Crippen LogP contribution < -0.4 is 0 Å². The Balaban J connectivity index is 1.77. The molecular formula is C29H24BrNO2. The average molecular weight is 498 g/mol. The second-order valence-corrected chi connectivity index (χ2v) is 9.62. The molecule has 2 aliphatic rings. The topological polar surface area (TPSA) is 46.5 Å². The van der Waals surface area contributed by atoms with E-state index in [1.807, 2.05) is 84.9 Å². The number of carbonyl (C=O) groups excluding carboxylic acids is 2. The van der Waals surface area contributed by atoms with Gasteiger partial charge in [0.1, 0.15) is 0 Å². The number of Topliss-reactive ketones (excluding diaryl/α,β-unsaturated/α-hetero) is 2. The van der Waals surface area contributed by atoms with Gasteiger partial charge in [0.25, 0.3) is 0 Å². The lowest BCUT2D eigenvalue weighted by molar-refractivity contribution is 0.0988. The Hall–Kier alpha value is -3.11. The first kappa shape index (κ1) is 21.7. The molecule has 33 heavy (non-hydrogen) atoms. The Labute approximate surface area is 202 Å². The minimum absolute atomic E-state index is 0.104. The van der Waals surface area contributed by atoms with E-state index in [4.69, 9.17) is 4.99 Å². The fourth-order valence-corrected chi connectivity index (χ4v) is 5.43. The Morgan fingerprint density at radius 1 is 0.727 bits per heavy atom. The number of nitrogens with zero attached hydrogens (tertiary/aromatic N) is 1. The highest BCUT2D eigenvalue weighted by Gasteiger charge is 2.48. The lowest BCUT2D eigenvalue weighted by Crippen LogP contribution is -2.34. The second-order valence-electron chi connectivity index (χ2n) is 8.70. The van der Waals surface area contributed by atoms with Crippen molar-refractivity contribution in [3.8, 4) is 0 Å². The largest absolute Gasteiger partial charge is 0.289 e. The molecule has 3 aromatic rings. The molecule has 1 aliphatic heterocycles. The molecule has 0 aromatic heterocycles. The predicted octanol–water partition coefficient (Wildman–Crippen LogP) is 7.02. The number of benzene rings is 3. The summed E-state index contributed by atoms with van der Waals surface area (Å²) in [7, 11) is 0. The maximum Gasteiger partial charge on any atom is 0.195 e. The number of halogens is 1. The van der Waals surface area contributed by atoms with E-state index in [0.717, 1.165) is 42.1 Å². The van der Waals surface area contributed by atoms with E-state index in [1.165, 1.54) is 0 Å². The van der Waals surface area contributed by atoms with Gasteiger partial charge in [-0.2, -0.15) is 0 Å². The van der Waals surface area contributed by atoms with E-state index >= 15 is 0 Å². The molecule has 164 valence electrons. The predicted molar refractivity (Wildman–Crippen MR) is 135 cm³/mol. The number of allylic oxidation sites excluding steroid dienone is 1. The maximum atomic E-state index is 14.1. The van der Waals surface area contributed by atoms with E-state index in [2.05, 4.69) is 15.9 Å². The van der Waals surface area contributed by atoms with Crippen LogP contribution in [0.5, 0.6) is 0 Å². The summed E-state index contributed by atoms with van der Waals surface area (Å²) in [4.78, 5) is 33.3. The summed E-state index contributed by atoms with van der Waals surface area (Å²) in [6, 6.07) is 26.4. The van der Waals surface area contributed by atoms with Crippen molar-refractivity contribution in [3.63, 3.8) is 0 Å². The number of ketones is 2. The SMILES string of the molecule is O=C(C1=C(C(=O)c2cccc(Br)c2)C2(CCCCC2)N=C1c1ccccc1)c1ccccc1. The van der Waals surface area contributed by atoms with Gasteiger partial charge in [-0.1, -0.05) is 108 Å². The van der Waals surface area contributed by atoms with Crippen LogP contribution in [0, 0.1) is 0 Å². The third kappa shape index (κ3) is 4.04. The first-order chi connectivity index (χ1) is 16.1. The minimum atomic E-state index is -0.650. The van der Waals surface area contributed by atoms with Crippen molar-refractivity contribution in [2.45, 2.75) is 37.6 Å². The highest BCUT2D eigenvalue weighted by molar-refractivity contribution is 9.10. The lowest BCUT2D eigenvalue weighted by Gasteiger charge is -2.33. The smallest absolute Gasteiger partial charge is 0.195 e. The van der Waals surface area contributed by atoms with E-state index in [9.17, 15) is 9.59 Å². The number of rotatable bonds is 5. The summed E-state index contributed by atoms with van der Waals surface area (Å²) in [5.74, 6) is -0.244. The van der Waals surface area contributed by atoms with Gasteiger partial charge in [-0.3, -0.25) is 14.6 Å². The van der Waals surface area contributed by atoms with Crippen LogP contribution in [0.15, 0.2) is 106 Å². The van der Waals surface area contributed by atoms with Crippen LogP contribution in [0.3, 0.4) is 0 Å². The Morgan fingerprint density at radius 3 is 2.03 bits per heavy atom. The number of carbonyl (C=O) groups is 2. The van der Waals surface area contributed by atoms with Crippen LogP contribution >= 0.6 is 15.9 Å². The summed E-state index contributed by atoms with van der Waals surface area (Å²) in [6.07, 6.45) is 4.67. The zero-order valence-corrected chi connectivity index (χ0v) is 19.8. The molecule has 0 saturated heterocycles. The highest BCUT2D eigenvalue weighted by atomic mass is 79.9. The van der Waals surface area contributed by atoms with Crippen LogP contribution in [0.1, 0.15) is 58.4 Å². The minimum Gasteiger partial charge on any atom is -0.289 e. The fraction of sp³-hybridized carbons (Fsp3) is 0.207. The fourth-order valence-electron chi connectivity index (χ4n) is 5.03. The van der Waals surface area contributed by atoms with Gasteiger partial charge in [-0.05, 0) is 25.0 Å². The molecule has 3 aromatic carbocycles. The summed E-state index contributed by atoms with van der Waals surface area (Å²) in [5.41, 5.74) is 3.04. The Bertz CT molecular complexity index is 1270. The Kier molecular flexibility index (Phi) is 5.94.